The zero-order valence-corrected chi connectivity index (χ0v) is 15.4. The molecule has 0 saturated heterocycles. The van der Waals surface area contributed by atoms with Gasteiger partial charge in [-0.25, -0.2) is 4.79 Å². The Hall–Kier alpha value is -4.20. The van der Waals surface area contributed by atoms with Gasteiger partial charge >= 0.3 is 5.97 Å². The molecule has 0 unspecified atom stereocenters. The van der Waals surface area contributed by atoms with E-state index in [9.17, 15) is 19.7 Å². The van der Waals surface area contributed by atoms with E-state index in [2.05, 4.69) is 10.6 Å². The largest absolute Gasteiger partial charge is 0.423 e. The van der Waals surface area contributed by atoms with Crippen molar-refractivity contribution in [3.05, 3.63) is 88.5 Å². The summed E-state index contributed by atoms with van der Waals surface area (Å²) in [4.78, 5) is 34.3. The van der Waals surface area contributed by atoms with E-state index < -0.39 is 10.9 Å². The monoisotopic (exact) mass is 391 g/mol. The third kappa shape index (κ3) is 5.16. The van der Waals surface area contributed by atoms with Crippen LogP contribution in [0.5, 0.6) is 5.75 Å². The van der Waals surface area contributed by atoms with Crippen molar-refractivity contribution in [1.82, 2.24) is 0 Å². The first-order chi connectivity index (χ1) is 13.9. The predicted octanol–water partition coefficient (Wildman–Crippen LogP) is 4.52. The number of ether oxygens (including phenoxy) is 1. The topological polar surface area (TPSA) is 111 Å². The molecular weight excluding hydrogens is 374 g/mol. The number of rotatable bonds is 6. The Balaban J connectivity index is 1.77. The number of amides is 1. The second-order valence-corrected chi connectivity index (χ2v) is 6.08. The Morgan fingerprint density at radius 1 is 0.931 bits per heavy atom. The summed E-state index contributed by atoms with van der Waals surface area (Å²) >= 11 is 0. The molecule has 0 bridgehead atoms. The van der Waals surface area contributed by atoms with Crippen LogP contribution in [0.1, 0.15) is 17.3 Å². The average molecular weight is 391 g/mol. The van der Waals surface area contributed by atoms with Crippen molar-refractivity contribution in [2.45, 2.75) is 6.92 Å². The van der Waals surface area contributed by atoms with Crippen molar-refractivity contribution < 1.29 is 19.2 Å². The van der Waals surface area contributed by atoms with E-state index in [0.29, 0.717) is 11.4 Å². The van der Waals surface area contributed by atoms with Gasteiger partial charge in [-0.2, -0.15) is 0 Å². The lowest BCUT2D eigenvalue weighted by Crippen LogP contribution is -2.10. The highest BCUT2D eigenvalue weighted by Crippen LogP contribution is 2.29. The first kappa shape index (κ1) is 19.6. The van der Waals surface area contributed by atoms with Crippen molar-refractivity contribution in [2.24, 2.45) is 0 Å². The quantitative estimate of drug-likeness (QED) is 0.277. The van der Waals surface area contributed by atoms with E-state index in [4.69, 9.17) is 4.74 Å². The molecule has 3 aromatic rings. The van der Waals surface area contributed by atoms with Crippen LogP contribution in [0.25, 0.3) is 0 Å². The average Bonchev–Trinajstić information content (AvgIpc) is 2.70. The number of nitrogens with zero attached hydrogens (tertiary/aromatic N) is 1. The Morgan fingerprint density at radius 3 is 2.24 bits per heavy atom. The van der Waals surface area contributed by atoms with Crippen LogP contribution in [0, 0.1) is 10.1 Å². The maximum atomic E-state index is 12.4. The molecule has 0 aliphatic heterocycles. The van der Waals surface area contributed by atoms with Crippen molar-refractivity contribution >= 4 is 34.6 Å². The van der Waals surface area contributed by atoms with E-state index in [-0.39, 0.29) is 28.6 Å². The Bertz CT molecular complexity index is 1050. The summed E-state index contributed by atoms with van der Waals surface area (Å²) in [7, 11) is 0. The summed E-state index contributed by atoms with van der Waals surface area (Å²) in [6, 6.07) is 19.3. The first-order valence-corrected chi connectivity index (χ1v) is 8.63. The molecule has 29 heavy (non-hydrogen) atoms. The van der Waals surface area contributed by atoms with Gasteiger partial charge in [0.2, 0.25) is 5.91 Å². The Morgan fingerprint density at radius 2 is 1.62 bits per heavy atom. The second-order valence-electron chi connectivity index (χ2n) is 6.08. The molecule has 0 fully saturated rings. The third-order valence-corrected chi connectivity index (χ3v) is 3.87. The fourth-order valence-electron chi connectivity index (χ4n) is 2.57. The van der Waals surface area contributed by atoms with Gasteiger partial charge in [-0.15, -0.1) is 0 Å². The zero-order valence-electron chi connectivity index (χ0n) is 15.4. The molecule has 8 heteroatoms. The molecule has 8 nitrogen and oxygen atoms in total. The number of carbonyl (C=O) groups excluding carboxylic acids is 2. The minimum absolute atomic E-state index is 0.0428. The van der Waals surface area contributed by atoms with Gasteiger partial charge in [0.25, 0.3) is 5.69 Å². The summed E-state index contributed by atoms with van der Waals surface area (Å²) in [5, 5.41) is 17.0. The predicted molar refractivity (Wildman–Crippen MR) is 109 cm³/mol. The molecule has 0 heterocycles. The number of hydrogen-bond acceptors (Lipinski definition) is 6. The summed E-state index contributed by atoms with van der Waals surface area (Å²) in [6.45, 7) is 1.39. The second kappa shape index (κ2) is 8.66. The van der Waals surface area contributed by atoms with Crippen LogP contribution in [-0.2, 0) is 4.79 Å². The maximum absolute atomic E-state index is 12.4. The highest BCUT2D eigenvalue weighted by Gasteiger charge is 2.19. The fourth-order valence-corrected chi connectivity index (χ4v) is 2.57. The van der Waals surface area contributed by atoms with Crippen LogP contribution >= 0.6 is 0 Å². The minimum atomic E-state index is -0.730. The van der Waals surface area contributed by atoms with Gasteiger partial charge < -0.3 is 15.4 Å². The number of nitro groups is 1. The Labute approximate surface area is 166 Å². The van der Waals surface area contributed by atoms with Crippen LogP contribution in [-0.4, -0.2) is 16.8 Å². The lowest BCUT2D eigenvalue weighted by molar-refractivity contribution is -0.383. The highest BCUT2D eigenvalue weighted by molar-refractivity contribution is 5.93. The number of anilines is 3. The van der Waals surface area contributed by atoms with Gasteiger partial charge in [0.1, 0.15) is 11.4 Å². The van der Waals surface area contributed by atoms with E-state index in [1.54, 1.807) is 36.4 Å². The van der Waals surface area contributed by atoms with Gasteiger partial charge in [0.05, 0.1) is 10.5 Å². The number of esters is 1. The van der Waals surface area contributed by atoms with Gasteiger partial charge in [-0.1, -0.05) is 18.2 Å². The molecule has 3 aromatic carbocycles. The summed E-state index contributed by atoms with van der Waals surface area (Å²) in [6.07, 6.45) is 0. The zero-order chi connectivity index (χ0) is 20.8. The summed E-state index contributed by atoms with van der Waals surface area (Å²) in [5.41, 5.74) is 1.30. The van der Waals surface area contributed by atoms with Crippen LogP contribution in [0.4, 0.5) is 22.7 Å². The number of carbonyl (C=O) groups is 2. The molecule has 0 spiro atoms. The van der Waals surface area contributed by atoms with Gasteiger partial charge in [-0.3, -0.25) is 14.9 Å². The molecule has 0 aliphatic carbocycles. The van der Waals surface area contributed by atoms with Gasteiger partial charge in [0, 0.05) is 24.4 Å². The highest BCUT2D eigenvalue weighted by atomic mass is 16.6. The lowest BCUT2D eigenvalue weighted by atomic mass is 10.1. The molecule has 0 aliphatic rings. The first-order valence-electron chi connectivity index (χ1n) is 8.63. The van der Waals surface area contributed by atoms with Crippen LogP contribution in [0.15, 0.2) is 72.8 Å². The number of nitro benzene ring substituents is 1. The van der Waals surface area contributed by atoms with Crippen molar-refractivity contribution in [3.8, 4) is 5.75 Å². The summed E-state index contributed by atoms with van der Waals surface area (Å²) < 4.78 is 5.26. The maximum Gasteiger partial charge on any atom is 0.343 e. The lowest BCUT2D eigenvalue weighted by Gasteiger charge is -2.09. The van der Waals surface area contributed by atoms with Gasteiger partial charge in [-0.05, 0) is 48.5 Å². The van der Waals surface area contributed by atoms with Crippen LogP contribution in [0.2, 0.25) is 0 Å². The molecule has 0 radical (unpaired) electrons. The van der Waals surface area contributed by atoms with E-state index in [1.165, 1.54) is 37.3 Å². The molecule has 1 amide bonds. The van der Waals surface area contributed by atoms with Crippen LogP contribution in [0.3, 0.4) is 0 Å². The molecule has 3 rings (SSSR count). The molecule has 0 atom stereocenters. The van der Waals surface area contributed by atoms with Crippen LogP contribution < -0.4 is 15.4 Å². The minimum Gasteiger partial charge on any atom is -0.423 e. The number of benzene rings is 3. The van der Waals surface area contributed by atoms with Gasteiger partial charge in [0.15, 0.2) is 0 Å². The summed E-state index contributed by atoms with van der Waals surface area (Å²) in [5.74, 6) is -0.698. The molecular formula is C21H17N3O5. The third-order valence-electron chi connectivity index (χ3n) is 3.87. The molecule has 0 saturated carbocycles. The standard InChI is InChI=1S/C21H17N3O5/c1-14(25)22-17-8-10-18(11-9-17)29-21(26)15-7-12-19(20(13-15)24(27)28)23-16-5-3-2-4-6-16/h2-13,23H,1H3,(H,22,25). The Kier molecular flexibility index (Phi) is 5.84. The molecule has 0 aromatic heterocycles. The number of nitrogens with one attached hydrogen (secondary N) is 2. The normalized spacial score (nSPS) is 10.1. The fraction of sp³-hybridized carbons (Fsp3) is 0.0476. The molecule has 146 valence electrons. The van der Waals surface area contributed by atoms with E-state index >= 15 is 0 Å². The van der Waals surface area contributed by atoms with Crippen molar-refractivity contribution in [3.63, 3.8) is 0 Å². The van der Waals surface area contributed by atoms with E-state index in [1.807, 2.05) is 6.07 Å². The molecule has 2 N–H and O–H groups in total. The SMILES string of the molecule is CC(=O)Nc1ccc(OC(=O)c2ccc(Nc3ccccc3)c([N+](=O)[O-])c2)cc1. The number of para-hydroxylation sites is 1. The van der Waals surface area contributed by atoms with Crippen molar-refractivity contribution in [1.29, 1.82) is 0 Å². The smallest absolute Gasteiger partial charge is 0.343 e. The van der Waals surface area contributed by atoms with E-state index in [0.717, 1.165) is 0 Å². The van der Waals surface area contributed by atoms with Crippen molar-refractivity contribution in [2.75, 3.05) is 10.6 Å². The number of hydrogen-bond donors (Lipinski definition) is 2.